The molecule has 3 aromatic carbocycles. The van der Waals surface area contributed by atoms with E-state index in [9.17, 15) is 10.1 Å². The molecule has 0 spiro atoms. The second kappa shape index (κ2) is 12.4. The van der Waals surface area contributed by atoms with Crippen molar-refractivity contribution < 1.29 is 23.7 Å². The Balaban J connectivity index is 1.36. The number of carbonyl (C=O) groups is 1. The Kier molecular flexibility index (Phi) is 8.28. The van der Waals surface area contributed by atoms with Crippen LogP contribution in [0, 0.1) is 11.3 Å². The number of fused-ring (bicyclic) bond motifs is 1. The molecule has 9 heteroatoms. The quantitative estimate of drug-likeness (QED) is 0.257. The lowest BCUT2D eigenvalue weighted by Gasteiger charge is -2.16. The normalized spacial score (nSPS) is 13.0. The Hall–Kier alpha value is -4.81. The predicted molar refractivity (Wildman–Crippen MR) is 152 cm³/mol. The zero-order valence-electron chi connectivity index (χ0n) is 22.5. The van der Waals surface area contributed by atoms with Crippen molar-refractivity contribution in [3.05, 3.63) is 72.4 Å². The number of nitrogens with one attached hydrogen (secondary N) is 1. The third kappa shape index (κ3) is 6.08. The minimum atomic E-state index is -0.0526. The number of Topliss-reactive ketones (excluding diaryl/α,β-unsaturated/α-hetero) is 1. The van der Waals surface area contributed by atoms with Crippen molar-refractivity contribution in [3.63, 3.8) is 0 Å². The number of aromatic nitrogens is 1. The first-order valence-corrected chi connectivity index (χ1v) is 13.0. The highest BCUT2D eigenvalue weighted by molar-refractivity contribution is 5.97. The maximum atomic E-state index is 12.5. The molecule has 0 amide bonds. The van der Waals surface area contributed by atoms with E-state index in [2.05, 4.69) is 21.3 Å². The molecule has 1 aliphatic heterocycles. The smallest absolute Gasteiger partial charge is 0.184 e. The minimum absolute atomic E-state index is 0.0114. The van der Waals surface area contributed by atoms with Gasteiger partial charge in [-0.1, -0.05) is 12.1 Å². The van der Waals surface area contributed by atoms with Gasteiger partial charge in [-0.2, -0.15) is 5.26 Å². The summed E-state index contributed by atoms with van der Waals surface area (Å²) in [6.07, 6.45) is 3.76. The largest absolute Gasteiger partial charge is 0.493 e. The monoisotopic (exact) mass is 538 g/mol. The van der Waals surface area contributed by atoms with Gasteiger partial charge in [0.25, 0.3) is 0 Å². The number of likely N-dealkylation sites (tertiary alicyclic amines) is 1. The molecule has 1 saturated heterocycles. The van der Waals surface area contributed by atoms with E-state index in [0.29, 0.717) is 57.4 Å². The van der Waals surface area contributed by atoms with Crippen LogP contribution in [0.15, 0.2) is 66.9 Å². The number of ether oxygens (including phenoxy) is 4. The van der Waals surface area contributed by atoms with Gasteiger partial charge in [0.15, 0.2) is 28.8 Å². The topological polar surface area (TPSA) is 106 Å². The van der Waals surface area contributed by atoms with E-state index >= 15 is 0 Å². The number of anilines is 2. The van der Waals surface area contributed by atoms with E-state index < -0.39 is 0 Å². The number of benzene rings is 3. The average molecular weight is 539 g/mol. The molecule has 1 fully saturated rings. The number of carbonyl (C=O) groups excluding carboxylic acids is 1. The summed E-state index contributed by atoms with van der Waals surface area (Å²) < 4.78 is 22.8. The summed E-state index contributed by atoms with van der Waals surface area (Å²) in [7, 11) is 3.13. The molecule has 5 rings (SSSR count). The minimum Gasteiger partial charge on any atom is -0.493 e. The molecule has 1 N–H and O–H groups in total. The van der Waals surface area contributed by atoms with Gasteiger partial charge in [-0.25, -0.2) is 0 Å². The van der Waals surface area contributed by atoms with Crippen LogP contribution in [0.2, 0.25) is 0 Å². The molecule has 0 saturated carbocycles. The molecule has 1 aromatic heterocycles. The zero-order valence-corrected chi connectivity index (χ0v) is 22.5. The zero-order chi connectivity index (χ0) is 27.9. The Morgan fingerprint density at radius 2 is 1.70 bits per heavy atom. The highest BCUT2D eigenvalue weighted by Gasteiger charge is 2.18. The second-order valence-electron chi connectivity index (χ2n) is 9.39. The molecule has 2 heterocycles. The van der Waals surface area contributed by atoms with Gasteiger partial charge >= 0.3 is 0 Å². The van der Waals surface area contributed by atoms with Gasteiger partial charge in [0.2, 0.25) is 0 Å². The number of hydrogen-bond acceptors (Lipinski definition) is 9. The first kappa shape index (κ1) is 26.8. The van der Waals surface area contributed by atoms with Crippen LogP contribution >= 0.6 is 0 Å². The summed E-state index contributed by atoms with van der Waals surface area (Å²) in [4.78, 5) is 19.0. The molecule has 0 unspecified atom stereocenters. The molecule has 0 bridgehead atoms. The summed E-state index contributed by atoms with van der Waals surface area (Å²) in [5, 5.41) is 13.8. The van der Waals surface area contributed by atoms with E-state index in [1.807, 2.05) is 48.5 Å². The molecular weight excluding hydrogens is 508 g/mol. The molecule has 0 radical (unpaired) electrons. The molecule has 40 heavy (non-hydrogen) atoms. The van der Waals surface area contributed by atoms with E-state index in [0.717, 1.165) is 31.6 Å². The van der Waals surface area contributed by atoms with Gasteiger partial charge in [0.1, 0.15) is 18.4 Å². The summed E-state index contributed by atoms with van der Waals surface area (Å²) in [5.74, 6) is 2.77. The lowest BCUT2D eigenvalue weighted by atomic mass is 10.1. The van der Waals surface area contributed by atoms with Crippen molar-refractivity contribution in [3.8, 4) is 34.8 Å². The summed E-state index contributed by atoms with van der Waals surface area (Å²) in [6.45, 7) is 2.23. The molecule has 0 atom stereocenters. The first-order valence-electron chi connectivity index (χ1n) is 13.0. The standard InChI is InChI=1S/C31H30N4O5/c1-37-27-7-3-4-8-28(27)40-24-11-9-22(10-12-24)34-31-21(17-32)18-33-26-16-30(29(38-2)15-25(26)31)39-20-23(36)19-35-13-5-6-14-35/h3-4,7-12,15-16,18H,5-6,13-14,19-20H2,1-2H3,(H,33,34). The fourth-order valence-corrected chi connectivity index (χ4v) is 4.67. The first-order chi connectivity index (χ1) is 19.6. The van der Waals surface area contributed by atoms with Gasteiger partial charge in [0, 0.05) is 23.3 Å². The van der Waals surface area contributed by atoms with Crippen molar-refractivity contribution in [1.29, 1.82) is 5.26 Å². The Morgan fingerprint density at radius 3 is 2.40 bits per heavy atom. The number of rotatable bonds is 11. The van der Waals surface area contributed by atoms with Crippen molar-refractivity contribution >= 4 is 28.1 Å². The van der Waals surface area contributed by atoms with Crippen LogP contribution in [-0.4, -0.2) is 56.1 Å². The molecule has 4 aromatic rings. The van der Waals surface area contributed by atoms with Crippen LogP contribution in [-0.2, 0) is 4.79 Å². The number of nitrogens with zero attached hydrogens (tertiary/aromatic N) is 3. The average Bonchev–Trinajstić information content (AvgIpc) is 3.50. The van der Waals surface area contributed by atoms with Crippen LogP contribution in [0.25, 0.3) is 10.9 Å². The van der Waals surface area contributed by atoms with E-state index in [1.54, 1.807) is 19.2 Å². The van der Waals surface area contributed by atoms with Crippen LogP contribution in [0.4, 0.5) is 11.4 Å². The fourth-order valence-electron chi connectivity index (χ4n) is 4.67. The van der Waals surface area contributed by atoms with Gasteiger partial charge in [-0.3, -0.25) is 14.7 Å². The van der Waals surface area contributed by atoms with Crippen molar-refractivity contribution in [2.24, 2.45) is 0 Å². The SMILES string of the molecule is COc1cc2c(Nc3ccc(Oc4ccccc4OC)cc3)c(C#N)cnc2cc1OCC(=O)CN1CCCC1. The Bertz CT molecular complexity index is 1540. The predicted octanol–water partition coefficient (Wildman–Crippen LogP) is 5.70. The van der Waals surface area contributed by atoms with Crippen molar-refractivity contribution in [2.75, 3.05) is 45.8 Å². The molecule has 9 nitrogen and oxygen atoms in total. The molecule has 1 aliphatic rings. The number of nitriles is 1. The highest BCUT2D eigenvalue weighted by Crippen LogP contribution is 2.38. The number of para-hydroxylation sites is 2. The number of pyridine rings is 1. The van der Waals surface area contributed by atoms with Crippen LogP contribution in [0.3, 0.4) is 0 Å². The molecule has 0 aliphatic carbocycles. The Labute approximate surface area is 232 Å². The maximum absolute atomic E-state index is 12.5. The van der Waals surface area contributed by atoms with Crippen LogP contribution in [0.5, 0.6) is 28.7 Å². The number of methoxy groups -OCH3 is 2. The van der Waals surface area contributed by atoms with Gasteiger partial charge in [-0.15, -0.1) is 0 Å². The van der Waals surface area contributed by atoms with Crippen LogP contribution in [0.1, 0.15) is 18.4 Å². The van der Waals surface area contributed by atoms with Gasteiger partial charge < -0.3 is 24.3 Å². The van der Waals surface area contributed by atoms with Crippen molar-refractivity contribution in [1.82, 2.24) is 9.88 Å². The van der Waals surface area contributed by atoms with Crippen molar-refractivity contribution in [2.45, 2.75) is 12.8 Å². The van der Waals surface area contributed by atoms with Gasteiger partial charge in [-0.05, 0) is 68.4 Å². The number of ketones is 1. The van der Waals surface area contributed by atoms with E-state index in [4.69, 9.17) is 18.9 Å². The van der Waals surface area contributed by atoms with E-state index in [-0.39, 0.29) is 12.4 Å². The third-order valence-electron chi connectivity index (χ3n) is 6.68. The summed E-state index contributed by atoms with van der Waals surface area (Å²) in [5.41, 5.74) is 2.31. The lowest BCUT2D eigenvalue weighted by Crippen LogP contribution is -2.30. The molecule has 204 valence electrons. The number of hydrogen-bond donors (Lipinski definition) is 1. The summed E-state index contributed by atoms with van der Waals surface area (Å²) >= 11 is 0. The Morgan fingerprint density at radius 1 is 0.975 bits per heavy atom. The molecular formula is C31H30N4O5. The summed E-state index contributed by atoms with van der Waals surface area (Å²) in [6, 6.07) is 20.5. The second-order valence-corrected chi connectivity index (χ2v) is 9.39. The van der Waals surface area contributed by atoms with E-state index in [1.165, 1.54) is 13.3 Å². The fraction of sp³-hybridized carbons (Fsp3) is 0.258. The maximum Gasteiger partial charge on any atom is 0.184 e. The van der Waals surface area contributed by atoms with Crippen LogP contribution < -0.4 is 24.3 Å². The highest BCUT2D eigenvalue weighted by atomic mass is 16.5. The third-order valence-corrected chi connectivity index (χ3v) is 6.68. The van der Waals surface area contributed by atoms with Gasteiger partial charge in [0.05, 0.1) is 37.5 Å². The lowest BCUT2D eigenvalue weighted by molar-refractivity contribution is -0.121.